The molecule has 0 aliphatic rings. The molecular weight excluding hydrogens is 240 g/mol. The van der Waals surface area contributed by atoms with E-state index in [1.165, 1.54) is 12.5 Å². The predicted octanol–water partition coefficient (Wildman–Crippen LogP) is 1.49. The highest BCUT2D eigenvalue weighted by atomic mass is 16.5. The Balaban J connectivity index is 2.05. The molecule has 0 spiro atoms. The van der Waals surface area contributed by atoms with E-state index in [1.807, 2.05) is 65.2 Å². The molecule has 0 saturated carbocycles. The monoisotopic (exact) mass is 259 g/mol. The first-order valence-electron chi connectivity index (χ1n) is 6.35. The van der Waals surface area contributed by atoms with E-state index in [1.54, 1.807) is 0 Å². The van der Waals surface area contributed by atoms with Gasteiger partial charge in [0, 0.05) is 13.3 Å². The van der Waals surface area contributed by atoms with Crippen molar-refractivity contribution in [2.75, 3.05) is 0 Å². The number of nitrogens with zero attached hydrogens (tertiary/aromatic N) is 2. The zero-order valence-corrected chi connectivity index (χ0v) is 11.3. The van der Waals surface area contributed by atoms with Gasteiger partial charge in [-0.1, -0.05) is 30.3 Å². The normalized spacial score (nSPS) is 12.1. The quantitative estimate of drug-likeness (QED) is 0.602. The Morgan fingerprint density at radius 3 is 2.68 bits per heavy atom. The molecule has 0 saturated heterocycles. The van der Waals surface area contributed by atoms with Crippen molar-refractivity contribution in [2.24, 2.45) is 7.05 Å². The highest BCUT2D eigenvalue weighted by molar-refractivity contribution is 5.66. The third kappa shape index (κ3) is 4.25. The van der Waals surface area contributed by atoms with Crippen LogP contribution in [0.3, 0.4) is 0 Å². The number of hydrogen-bond donors (Lipinski definition) is 0. The van der Waals surface area contributed by atoms with Crippen LogP contribution in [0.5, 0.6) is 0 Å². The van der Waals surface area contributed by atoms with Crippen LogP contribution >= 0.6 is 0 Å². The molecule has 0 amide bonds. The summed E-state index contributed by atoms with van der Waals surface area (Å²) in [6, 6.07) is 10.1. The van der Waals surface area contributed by atoms with Gasteiger partial charge in [0.15, 0.2) is 0 Å². The second-order valence-electron chi connectivity index (χ2n) is 4.70. The predicted molar refractivity (Wildman–Crippen MR) is 71.3 cm³/mol. The zero-order valence-electron chi connectivity index (χ0n) is 11.3. The molecule has 19 heavy (non-hydrogen) atoms. The number of aromatic nitrogens is 2. The van der Waals surface area contributed by atoms with Gasteiger partial charge >= 0.3 is 5.97 Å². The minimum Gasteiger partial charge on any atom is -0.458 e. The van der Waals surface area contributed by atoms with Gasteiger partial charge in [0.2, 0.25) is 6.33 Å². The summed E-state index contributed by atoms with van der Waals surface area (Å²) in [6.45, 7) is 2.11. The molecule has 100 valence electrons. The van der Waals surface area contributed by atoms with E-state index in [9.17, 15) is 4.79 Å². The van der Waals surface area contributed by atoms with Gasteiger partial charge in [-0.05, 0) is 5.56 Å². The molecule has 0 bridgehead atoms. The molecule has 0 radical (unpaired) electrons. The first kappa shape index (κ1) is 13.3. The molecule has 1 aromatic carbocycles. The Labute approximate surface area is 113 Å². The van der Waals surface area contributed by atoms with Crippen molar-refractivity contribution >= 4 is 5.97 Å². The van der Waals surface area contributed by atoms with E-state index in [0.717, 1.165) is 6.42 Å². The van der Waals surface area contributed by atoms with Crippen molar-refractivity contribution < 1.29 is 14.1 Å². The summed E-state index contributed by atoms with van der Waals surface area (Å²) < 4.78 is 9.39. The number of ether oxygens (including phenoxy) is 1. The van der Waals surface area contributed by atoms with Gasteiger partial charge in [-0.3, -0.25) is 4.79 Å². The number of aryl methyl sites for hydroxylation is 1. The van der Waals surface area contributed by atoms with Crippen LogP contribution in [0.1, 0.15) is 12.5 Å². The summed E-state index contributed by atoms with van der Waals surface area (Å²) in [5, 5.41) is 0. The second-order valence-corrected chi connectivity index (χ2v) is 4.70. The molecular formula is C15H19N2O2+. The number of carbonyl (C=O) groups excluding carboxylic acids is 1. The van der Waals surface area contributed by atoms with Gasteiger partial charge < -0.3 is 4.74 Å². The fourth-order valence-corrected chi connectivity index (χ4v) is 2.10. The molecule has 2 aromatic rings. The van der Waals surface area contributed by atoms with Gasteiger partial charge in [-0.25, -0.2) is 9.13 Å². The average molecular weight is 259 g/mol. The van der Waals surface area contributed by atoms with Gasteiger partial charge in [0.05, 0.1) is 7.05 Å². The summed E-state index contributed by atoms with van der Waals surface area (Å²) in [6.07, 6.45) is 6.49. The maximum Gasteiger partial charge on any atom is 0.303 e. The Bertz CT molecular complexity index is 534. The fraction of sp³-hybridized carbons (Fsp3) is 0.333. The fourth-order valence-electron chi connectivity index (χ4n) is 2.10. The lowest BCUT2D eigenvalue weighted by Crippen LogP contribution is -2.27. The number of benzene rings is 1. The molecule has 1 atom stereocenters. The number of hydrogen-bond acceptors (Lipinski definition) is 2. The van der Waals surface area contributed by atoms with Crippen LogP contribution in [0.4, 0.5) is 0 Å². The molecule has 4 nitrogen and oxygen atoms in total. The largest absolute Gasteiger partial charge is 0.458 e. The lowest BCUT2D eigenvalue weighted by molar-refractivity contribution is -0.671. The zero-order chi connectivity index (χ0) is 13.7. The third-order valence-electron chi connectivity index (χ3n) is 2.88. The Hall–Kier alpha value is -2.10. The highest BCUT2D eigenvalue weighted by Crippen LogP contribution is 2.08. The molecule has 4 heteroatoms. The van der Waals surface area contributed by atoms with Crippen molar-refractivity contribution in [3.8, 4) is 0 Å². The molecule has 1 aromatic heterocycles. The number of imidazole rings is 1. The van der Waals surface area contributed by atoms with E-state index in [0.29, 0.717) is 6.54 Å². The maximum atomic E-state index is 11.2. The van der Waals surface area contributed by atoms with Crippen LogP contribution in [-0.4, -0.2) is 16.6 Å². The van der Waals surface area contributed by atoms with Crippen LogP contribution in [-0.2, 0) is 29.5 Å². The van der Waals surface area contributed by atoms with Crippen LogP contribution < -0.4 is 4.57 Å². The smallest absolute Gasteiger partial charge is 0.303 e. The number of esters is 1. The Kier molecular flexibility index (Phi) is 4.34. The number of rotatable bonds is 5. The Morgan fingerprint density at radius 1 is 1.37 bits per heavy atom. The first-order valence-corrected chi connectivity index (χ1v) is 6.35. The summed E-state index contributed by atoms with van der Waals surface area (Å²) in [7, 11) is 1.97. The minimum absolute atomic E-state index is 0.146. The standard InChI is InChI=1S/C15H19N2O2/c1-13(18)19-15(10-14-6-4-3-5-7-14)11-17-9-8-16(2)12-17/h3-9,12,15H,10-11H2,1-2H3/q+1/t15-/m0/s1. The molecule has 0 aliphatic heterocycles. The molecule has 0 aliphatic carbocycles. The van der Waals surface area contributed by atoms with Gasteiger partial charge in [0.25, 0.3) is 0 Å². The molecule has 2 rings (SSSR count). The van der Waals surface area contributed by atoms with Crippen molar-refractivity contribution in [1.29, 1.82) is 0 Å². The van der Waals surface area contributed by atoms with Crippen molar-refractivity contribution in [3.63, 3.8) is 0 Å². The van der Waals surface area contributed by atoms with Crippen LogP contribution in [0.25, 0.3) is 0 Å². The molecule has 1 heterocycles. The van der Waals surface area contributed by atoms with E-state index in [-0.39, 0.29) is 12.1 Å². The first-order chi connectivity index (χ1) is 9.13. The molecule has 0 fully saturated rings. The minimum atomic E-state index is -0.238. The average Bonchev–Trinajstić information content (AvgIpc) is 2.75. The van der Waals surface area contributed by atoms with Gasteiger partial charge in [-0.2, -0.15) is 0 Å². The van der Waals surface area contributed by atoms with E-state index in [2.05, 4.69) is 0 Å². The lowest BCUT2D eigenvalue weighted by Gasteiger charge is -2.15. The summed E-state index contributed by atoms with van der Waals surface area (Å²) in [4.78, 5) is 11.2. The van der Waals surface area contributed by atoms with Gasteiger partial charge in [0.1, 0.15) is 25.0 Å². The van der Waals surface area contributed by atoms with Crippen LogP contribution in [0, 0.1) is 0 Å². The van der Waals surface area contributed by atoms with Gasteiger partial charge in [-0.15, -0.1) is 0 Å². The summed E-state index contributed by atoms with van der Waals surface area (Å²) in [5.74, 6) is -0.238. The molecule has 0 N–H and O–H groups in total. The lowest BCUT2D eigenvalue weighted by atomic mass is 10.1. The van der Waals surface area contributed by atoms with E-state index >= 15 is 0 Å². The topological polar surface area (TPSA) is 35.1 Å². The second kappa shape index (κ2) is 6.18. The van der Waals surface area contributed by atoms with Crippen LogP contribution in [0.2, 0.25) is 0 Å². The highest BCUT2D eigenvalue weighted by Gasteiger charge is 2.16. The molecule has 0 unspecified atom stereocenters. The van der Waals surface area contributed by atoms with Crippen molar-refractivity contribution in [1.82, 2.24) is 4.57 Å². The SMILES string of the molecule is CC(=O)O[C@@H](Cc1ccccc1)Cn1cc[n+](C)c1. The van der Waals surface area contributed by atoms with Crippen molar-refractivity contribution in [2.45, 2.75) is 26.0 Å². The Morgan fingerprint density at radius 2 is 2.11 bits per heavy atom. The van der Waals surface area contributed by atoms with Crippen LogP contribution in [0.15, 0.2) is 49.1 Å². The van der Waals surface area contributed by atoms with E-state index in [4.69, 9.17) is 4.74 Å². The third-order valence-corrected chi connectivity index (χ3v) is 2.88. The van der Waals surface area contributed by atoms with Crippen molar-refractivity contribution in [3.05, 3.63) is 54.6 Å². The summed E-state index contributed by atoms with van der Waals surface area (Å²) in [5.41, 5.74) is 1.17. The van der Waals surface area contributed by atoms with E-state index < -0.39 is 0 Å². The summed E-state index contributed by atoms with van der Waals surface area (Å²) >= 11 is 0. The maximum absolute atomic E-state index is 11.2. The number of carbonyl (C=O) groups is 1.